The molecule has 0 spiro atoms. The van der Waals surface area contributed by atoms with Gasteiger partial charge in [-0.25, -0.2) is 0 Å². The molecule has 0 aromatic heterocycles. The molecule has 0 saturated carbocycles. The molecule has 0 amide bonds. The molecule has 0 unspecified atom stereocenters. The molecule has 12 heavy (non-hydrogen) atoms. The summed E-state index contributed by atoms with van der Waals surface area (Å²) in [5, 5.41) is 0. The SMILES string of the molecule is COS(=O)(=O)C[C@@H]1CCCN1C. The number of hydrogen-bond donors (Lipinski definition) is 0. The predicted molar refractivity (Wildman–Crippen MR) is 46.4 cm³/mol. The number of likely N-dealkylation sites (tertiary alicyclic amines) is 1. The van der Waals surface area contributed by atoms with Gasteiger partial charge in [0.25, 0.3) is 10.1 Å². The van der Waals surface area contributed by atoms with Crippen LogP contribution in [0.25, 0.3) is 0 Å². The molecule has 1 heterocycles. The summed E-state index contributed by atoms with van der Waals surface area (Å²) in [6.07, 6.45) is 2.04. The van der Waals surface area contributed by atoms with Gasteiger partial charge in [-0.3, -0.25) is 4.18 Å². The minimum Gasteiger partial charge on any atom is -0.302 e. The predicted octanol–water partition coefficient (Wildman–Crippen LogP) is 0.0568. The van der Waals surface area contributed by atoms with Crippen LogP contribution in [0.4, 0.5) is 0 Å². The van der Waals surface area contributed by atoms with Gasteiger partial charge in [-0.15, -0.1) is 0 Å². The second kappa shape index (κ2) is 3.72. The fourth-order valence-corrected chi connectivity index (χ4v) is 2.52. The summed E-state index contributed by atoms with van der Waals surface area (Å²) >= 11 is 0. The lowest BCUT2D eigenvalue weighted by Crippen LogP contribution is -2.32. The molecule has 0 aliphatic carbocycles. The molecule has 1 aliphatic heterocycles. The molecule has 0 N–H and O–H groups in total. The van der Waals surface area contributed by atoms with Crippen molar-refractivity contribution >= 4 is 10.1 Å². The molecule has 1 fully saturated rings. The van der Waals surface area contributed by atoms with E-state index in [-0.39, 0.29) is 11.8 Å². The zero-order chi connectivity index (χ0) is 9.19. The maximum absolute atomic E-state index is 11.1. The Kier molecular flexibility index (Phi) is 3.09. The Morgan fingerprint density at radius 2 is 2.25 bits per heavy atom. The van der Waals surface area contributed by atoms with Crippen LogP contribution in [0.2, 0.25) is 0 Å². The minimum atomic E-state index is -3.28. The molecular formula is C7H15NO3S. The first-order valence-corrected chi connectivity index (χ1v) is 5.61. The van der Waals surface area contributed by atoms with E-state index in [9.17, 15) is 8.42 Å². The van der Waals surface area contributed by atoms with Gasteiger partial charge in [0.15, 0.2) is 0 Å². The van der Waals surface area contributed by atoms with Crippen LogP contribution in [0.1, 0.15) is 12.8 Å². The van der Waals surface area contributed by atoms with Crippen molar-refractivity contribution in [2.45, 2.75) is 18.9 Å². The quantitative estimate of drug-likeness (QED) is 0.594. The second-order valence-electron chi connectivity index (χ2n) is 3.17. The summed E-state index contributed by atoms with van der Waals surface area (Å²) in [6.45, 7) is 0.990. The standard InChI is InChI=1S/C7H15NO3S/c1-8-5-3-4-7(8)6-12(9,10)11-2/h7H,3-6H2,1-2H3/t7-/m0/s1. The van der Waals surface area contributed by atoms with Crippen LogP contribution in [0, 0.1) is 0 Å². The maximum Gasteiger partial charge on any atom is 0.268 e. The Labute approximate surface area is 73.6 Å². The maximum atomic E-state index is 11.1. The fourth-order valence-electron chi connectivity index (χ4n) is 1.49. The number of rotatable bonds is 3. The van der Waals surface area contributed by atoms with Crippen molar-refractivity contribution in [3.05, 3.63) is 0 Å². The van der Waals surface area contributed by atoms with Crippen LogP contribution < -0.4 is 0 Å². The molecule has 4 nitrogen and oxygen atoms in total. The highest BCUT2D eigenvalue weighted by atomic mass is 32.2. The highest BCUT2D eigenvalue weighted by Gasteiger charge is 2.26. The minimum absolute atomic E-state index is 0.125. The fraction of sp³-hybridized carbons (Fsp3) is 1.00. The Morgan fingerprint density at radius 1 is 1.58 bits per heavy atom. The molecule has 0 radical (unpaired) electrons. The highest BCUT2D eigenvalue weighted by Crippen LogP contribution is 2.16. The van der Waals surface area contributed by atoms with Crippen LogP contribution in [0.5, 0.6) is 0 Å². The first-order valence-electron chi connectivity index (χ1n) is 4.04. The topological polar surface area (TPSA) is 46.6 Å². The third kappa shape index (κ3) is 2.43. The van der Waals surface area contributed by atoms with E-state index in [0.29, 0.717) is 0 Å². The zero-order valence-corrected chi connectivity index (χ0v) is 8.30. The van der Waals surface area contributed by atoms with Gasteiger partial charge >= 0.3 is 0 Å². The lowest BCUT2D eigenvalue weighted by molar-refractivity contribution is 0.319. The van der Waals surface area contributed by atoms with Gasteiger partial charge in [-0.2, -0.15) is 8.42 Å². The van der Waals surface area contributed by atoms with E-state index < -0.39 is 10.1 Å². The van der Waals surface area contributed by atoms with Crippen LogP contribution in [0.15, 0.2) is 0 Å². The molecule has 5 heteroatoms. The number of hydrogen-bond acceptors (Lipinski definition) is 4. The van der Waals surface area contributed by atoms with E-state index in [1.54, 1.807) is 0 Å². The lowest BCUT2D eigenvalue weighted by atomic mass is 10.2. The van der Waals surface area contributed by atoms with Crippen LogP contribution >= 0.6 is 0 Å². The molecular weight excluding hydrogens is 178 g/mol. The average molecular weight is 193 g/mol. The summed E-state index contributed by atoms with van der Waals surface area (Å²) in [6, 6.07) is 0.148. The van der Waals surface area contributed by atoms with E-state index in [1.807, 2.05) is 7.05 Å². The van der Waals surface area contributed by atoms with Gasteiger partial charge < -0.3 is 4.90 Å². The van der Waals surface area contributed by atoms with E-state index in [0.717, 1.165) is 19.4 Å². The third-order valence-corrected chi connectivity index (χ3v) is 3.62. The van der Waals surface area contributed by atoms with Crippen molar-refractivity contribution < 1.29 is 12.6 Å². The van der Waals surface area contributed by atoms with E-state index in [1.165, 1.54) is 7.11 Å². The summed E-state index contributed by atoms with van der Waals surface area (Å²) in [5.74, 6) is 0.125. The monoisotopic (exact) mass is 193 g/mol. The van der Waals surface area contributed by atoms with Gasteiger partial charge in [-0.1, -0.05) is 0 Å². The highest BCUT2D eigenvalue weighted by molar-refractivity contribution is 7.86. The van der Waals surface area contributed by atoms with Crippen molar-refractivity contribution in [3.8, 4) is 0 Å². The van der Waals surface area contributed by atoms with Crippen molar-refractivity contribution in [2.75, 3.05) is 26.5 Å². The van der Waals surface area contributed by atoms with Gasteiger partial charge in [0, 0.05) is 6.04 Å². The largest absolute Gasteiger partial charge is 0.302 e. The molecule has 1 saturated heterocycles. The molecule has 1 aliphatic rings. The van der Waals surface area contributed by atoms with Crippen LogP contribution in [-0.4, -0.2) is 45.8 Å². The van der Waals surface area contributed by atoms with E-state index in [4.69, 9.17) is 0 Å². The third-order valence-electron chi connectivity index (χ3n) is 2.32. The van der Waals surface area contributed by atoms with E-state index in [2.05, 4.69) is 9.08 Å². The van der Waals surface area contributed by atoms with Crippen molar-refractivity contribution in [3.63, 3.8) is 0 Å². The normalized spacial score (nSPS) is 26.3. The Morgan fingerprint density at radius 3 is 2.67 bits per heavy atom. The lowest BCUT2D eigenvalue weighted by Gasteiger charge is -2.17. The second-order valence-corrected chi connectivity index (χ2v) is 4.95. The summed E-state index contributed by atoms with van der Waals surface area (Å²) in [4.78, 5) is 2.07. The number of nitrogens with zero attached hydrogens (tertiary/aromatic N) is 1. The first kappa shape index (κ1) is 9.95. The van der Waals surface area contributed by atoms with Gasteiger partial charge in [0.2, 0.25) is 0 Å². The van der Waals surface area contributed by atoms with Crippen molar-refractivity contribution in [1.29, 1.82) is 0 Å². The zero-order valence-electron chi connectivity index (χ0n) is 7.49. The van der Waals surface area contributed by atoms with Crippen molar-refractivity contribution in [2.24, 2.45) is 0 Å². The van der Waals surface area contributed by atoms with E-state index >= 15 is 0 Å². The van der Waals surface area contributed by atoms with Gasteiger partial charge in [0.1, 0.15) is 0 Å². The molecule has 0 aromatic carbocycles. The molecule has 72 valence electrons. The molecule has 1 atom stereocenters. The Balaban J connectivity index is 2.51. The van der Waals surface area contributed by atoms with Gasteiger partial charge in [-0.05, 0) is 26.4 Å². The van der Waals surface area contributed by atoms with Gasteiger partial charge in [0.05, 0.1) is 12.9 Å². The van der Waals surface area contributed by atoms with Crippen LogP contribution in [0.3, 0.4) is 0 Å². The smallest absolute Gasteiger partial charge is 0.268 e. The van der Waals surface area contributed by atoms with Crippen molar-refractivity contribution in [1.82, 2.24) is 4.90 Å². The molecule has 0 bridgehead atoms. The first-order chi connectivity index (χ1) is 5.55. The Bertz CT molecular complexity index is 237. The summed E-state index contributed by atoms with van der Waals surface area (Å²) < 4.78 is 26.5. The summed E-state index contributed by atoms with van der Waals surface area (Å²) in [7, 11) is -0.118. The Hall–Kier alpha value is -0.130. The summed E-state index contributed by atoms with van der Waals surface area (Å²) in [5.41, 5.74) is 0. The van der Waals surface area contributed by atoms with Crippen LogP contribution in [-0.2, 0) is 14.3 Å². The average Bonchev–Trinajstić information content (AvgIpc) is 2.36. The molecule has 0 aromatic rings. The molecule has 1 rings (SSSR count).